The van der Waals surface area contributed by atoms with Gasteiger partial charge in [0.05, 0.1) is 12.2 Å². The van der Waals surface area contributed by atoms with Crippen molar-refractivity contribution in [1.82, 2.24) is 15.0 Å². The van der Waals surface area contributed by atoms with Gasteiger partial charge in [-0.05, 0) is 38.5 Å². The van der Waals surface area contributed by atoms with Crippen molar-refractivity contribution in [2.45, 2.75) is 39.9 Å². The lowest BCUT2D eigenvalue weighted by Crippen LogP contribution is -2.58. The molecule has 0 spiro atoms. The minimum Gasteiger partial charge on any atom is -0.361 e. The summed E-state index contributed by atoms with van der Waals surface area (Å²) in [4.78, 5) is 28.2. The van der Waals surface area contributed by atoms with Gasteiger partial charge in [0, 0.05) is 12.1 Å². The Morgan fingerprint density at radius 2 is 2.04 bits per heavy atom. The largest absolute Gasteiger partial charge is 0.361 e. The number of hydrogen-bond donors (Lipinski definition) is 0. The van der Waals surface area contributed by atoms with Gasteiger partial charge in [-0.1, -0.05) is 17.3 Å². The maximum atomic E-state index is 13.3. The van der Waals surface area contributed by atoms with E-state index in [4.69, 9.17) is 4.52 Å². The van der Waals surface area contributed by atoms with Gasteiger partial charge in [-0.2, -0.15) is 0 Å². The molecule has 0 radical (unpaired) electrons. The van der Waals surface area contributed by atoms with Gasteiger partial charge in [0.2, 0.25) is 11.8 Å². The molecule has 25 heavy (non-hydrogen) atoms. The summed E-state index contributed by atoms with van der Waals surface area (Å²) in [5.74, 6) is -0.0207. The van der Waals surface area contributed by atoms with E-state index in [1.165, 1.54) is 21.9 Å². The Balaban J connectivity index is 1.75. The van der Waals surface area contributed by atoms with Crippen LogP contribution >= 0.6 is 0 Å². The highest BCUT2D eigenvalue weighted by Gasteiger charge is 2.37. The molecule has 2 heterocycles. The summed E-state index contributed by atoms with van der Waals surface area (Å²) >= 11 is 0. The SMILES string of the molecule is Cc1noc(C)c1CN1C(=O)CN(Cc2cccc(F)c2)C(=O)[C@@H]1C. The van der Waals surface area contributed by atoms with Crippen molar-refractivity contribution >= 4 is 11.8 Å². The fraction of sp³-hybridized carbons (Fsp3) is 0.389. The van der Waals surface area contributed by atoms with Crippen LogP contribution in [0.4, 0.5) is 4.39 Å². The van der Waals surface area contributed by atoms with Gasteiger partial charge < -0.3 is 14.3 Å². The van der Waals surface area contributed by atoms with Crippen LogP contribution in [0.25, 0.3) is 0 Å². The Morgan fingerprint density at radius 1 is 1.28 bits per heavy atom. The van der Waals surface area contributed by atoms with Crippen LogP contribution in [0.3, 0.4) is 0 Å². The zero-order valence-electron chi connectivity index (χ0n) is 14.5. The average molecular weight is 345 g/mol. The van der Waals surface area contributed by atoms with Crippen LogP contribution in [-0.4, -0.2) is 39.4 Å². The molecule has 1 atom stereocenters. The predicted molar refractivity (Wildman–Crippen MR) is 87.8 cm³/mol. The summed E-state index contributed by atoms with van der Waals surface area (Å²) in [5, 5.41) is 3.89. The Hall–Kier alpha value is -2.70. The van der Waals surface area contributed by atoms with Gasteiger partial charge in [-0.15, -0.1) is 0 Å². The van der Waals surface area contributed by atoms with Gasteiger partial charge in [0.25, 0.3) is 0 Å². The molecule has 0 bridgehead atoms. The van der Waals surface area contributed by atoms with E-state index in [1.807, 2.05) is 6.92 Å². The van der Waals surface area contributed by atoms with Crippen molar-refractivity contribution in [3.63, 3.8) is 0 Å². The number of aromatic nitrogens is 1. The lowest BCUT2D eigenvalue weighted by molar-refractivity contribution is -0.156. The number of amides is 2. The van der Waals surface area contributed by atoms with E-state index >= 15 is 0 Å². The Morgan fingerprint density at radius 3 is 2.68 bits per heavy atom. The summed E-state index contributed by atoms with van der Waals surface area (Å²) in [6, 6.07) is 5.46. The van der Waals surface area contributed by atoms with E-state index in [0.717, 1.165) is 5.56 Å². The monoisotopic (exact) mass is 345 g/mol. The Kier molecular flexibility index (Phi) is 4.57. The topological polar surface area (TPSA) is 66.7 Å². The van der Waals surface area contributed by atoms with E-state index in [0.29, 0.717) is 23.6 Å². The molecule has 1 saturated heterocycles. The summed E-state index contributed by atoms with van der Waals surface area (Å²) < 4.78 is 18.5. The molecule has 6 nitrogen and oxygen atoms in total. The van der Waals surface area contributed by atoms with Crippen molar-refractivity contribution in [2.75, 3.05) is 6.54 Å². The second-order valence-electron chi connectivity index (χ2n) is 6.32. The fourth-order valence-electron chi connectivity index (χ4n) is 3.06. The number of rotatable bonds is 4. The number of piperazine rings is 1. The molecule has 1 aromatic heterocycles. The summed E-state index contributed by atoms with van der Waals surface area (Å²) in [6.45, 7) is 5.78. The highest BCUT2D eigenvalue weighted by Crippen LogP contribution is 2.21. The lowest BCUT2D eigenvalue weighted by Gasteiger charge is -2.38. The molecule has 132 valence electrons. The predicted octanol–water partition coefficient (Wildman–Crippen LogP) is 2.19. The van der Waals surface area contributed by atoms with Crippen molar-refractivity contribution in [1.29, 1.82) is 0 Å². The standard InChI is InChI=1S/C18H20FN3O3/c1-11-16(13(3)25-20-11)9-22-12(2)18(24)21(10-17(22)23)8-14-5-4-6-15(19)7-14/h4-7,12H,8-10H2,1-3H3/t12-/m0/s1. The third kappa shape index (κ3) is 3.40. The molecule has 0 unspecified atom stereocenters. The summed E-state index contributed by atoms with van der Waals surface area (Å²) in [5.41, 5.74) is 2.20. The van der Waals surface area contributed by atoms with E-state index in [9.17, 15) is 14.0 Å². The van der Waals surface area contributed by atoms with Crippen molar-refractivity contribution in [3.8, 4) is 0 Å². The Labute approximate surface area is 145 Å². The molecule has 2 aromatic rings. The van der Waals surface area contributed by atoms with Crippen LogP contribution in [0.5, 0.6) is 0 Å². The van der Waals surface area contributed by atoms with Gasteiger partial charge in [0.15, 0.2) is 0 Å². The molecule has 0 N–H and O–H groups in total. The normalized spacial score (nSPS) is 18.2. The van der Waals surface area contributed by atoms with Crippen molar-refractivity contribution in [2.24, 2.45) is 0 Å². The molecule has 1 fully saturated rings. The zero-order valence-corrected chi connectivity index (χ0v) is 14.5. The van der Waals surface area contributed by atoms with E-state index < -0.39 is 6.04 Å². The number of benzene rings is 1. The molecular weight excluding hydrogens is 325 g/mol. The average Bonchev–Trinajstić information content (AvgIpc) is 2.88. The number of aryl methyl sites for hydroxylation is 2. The third-order valence-corrected chi connectivity index (χ3v) is 4.56. The van der Waals surface area contributed by atoms with Crippen LogP contribution in [0.15, 0.2) is 28.8 Å². The first-order valence-corrected chi connectivity index (χ1v) is 8.11. The van der Waals surface area contributed by atoms with E-state index in [2.05, 4.69) is 5.16 Å². The molecule has 2 amide bonds. The van der Waals surface area contributed by atoms with E-state index in [-0.39, 0.29) is 30.7 Å². The van der Waals surface area contributed by atoms with Gasteiger partial charge in [-0.3, -0.25) is 9.59 Å². The smallest absolute Gasteiger partial charge is 0.245 e. The maximum Gasteiger partial charge on any atom is 0.245 e. The zero-order chi connectivity index (χ0) is 18.1. The van der Waals surface area contributed by atoms with Crippen LogP contribution in [0.1, 0.15) is 29.5 Å². The number of carbonyl (C=O) groups is 2. The van der Waals surface area contributed by atoms with Crippen LogP contribution in [-0.2, 0) is 22.7 Å². The number of carbonyl (C=O) groups excluding carboxylic acids is 2. The molecule has 3 rings (SSSR count). The third-order valence-electron chi connectivity index (χ3n) is 4.56. The van der Waals surface area contributed by atoms with Gasteiger partial charge in [-0.25, -0.2) is 4.39 Å². The molecule has 1 aliphatic heterocycles. The first kappa shape index (κ1) is 17.1. The molecule has 0 aliphatic carbocycles. The molecule has 7 heteroatoms. The fourth-order valence-corrected chi connectivity index (χ4v) is 3.06. The summed E-state index contributed by atoms with van der Waals surface area (Å²) in [6.07, 6.45) is 0. The quantitative estimate of drug-likeness (QED) is 0.852. The second kappa shape index (κ2) is 6.66. The molecule has 1 aliphatic rings. The van der Waals surface area contributed by atoms with Gasteiger partial charge in [0.1, 0.15) is 24.2 Å². The molecule has 1 aromatic carbocycles. The Bertz CT molecular complexity index is 798. The highest BCUT2D eigenvalue weighted by atomic mass is 19.1. The first-order valence-electron chi connectivity index (χ1n) is 8.11. The number of halogens is 1. The van der Waals surface area contributed by atoms with Gasteiger partial charge >= 0.3 is 0 Å². The highest BCUT2D eigenvalue weighted by molar-refractivity contribution is 5.94. The van der Waals surface area contributed by atoms with E-state index in [1.54, 1.807) is 26.0 Å². The van der Waals surface area contributed by atoms with Crippen LogP contribution in [0, 0.1) is 19.7 Å². The molecular formula is C18H20FN3O3. The molecule has 0 saturated carbocycles. The minimum atomic E-state index is -0.594. The maximum absolute atomic E-state index is 13.3. The van der Waals surface area contributed by atoms with Crippen LogP contribution < -0.4 is 0 Å². The second-order valence-corrected chi connectivity index (χ2v) is 6.32. The first-order chi connectivity index (χ1) is 11.9. The lowest BCUT2D eigenvalue weighted by atomic mass is 10.1. The minimum absolute atomic E-state index is 0.0247. The number of nitrogens with zero attached hydrogens (tertiary/aromatic N) is 3. The van der Waals surface area contributed by atoms with Crippen LogP contribution in [0.2, 0.25) is 0 Å². The number of hydrogen-bond acceptors (Lipinski definition) is 4. The van der Waals surface area contributed by atoms with Crippen molar-refractivity contribution < 1.29 is 18.5 Å². The van der Waals surface area contributed by atoms with Crippen molar-refractivity contribution in [3.05, 3.63) is 52.7 Å². The summed E-state index contributed by atoms with van der Waals surface area (Å²) in [7, 11) is 0.